The summed E-state index contributed by atoms with van der Waals surface area (Å²) in [6.07, 6.45) is 0. The molecule has 0 unspecified atom stereocenters. The van der Waals surface area contributed by atoms with E-state index in [1.807, 2.05) is 47.2 Å². The maximum Gasteiger partial charge on any atom is 0.338 e. The minimum absolute atomic E-state index is 0.317. The topological polar surface area (TPSA) is 48.9 Å². The number of anilines is 3. The van der Waals surface area contributed by atoms with Gasteiger partial charge in [0.2, 0.25) is 0 Å². The summed E-state index contributed by atoms with van der Waals surface area (Å²) in [6.45, 7) is 8.10. The van der Waals surface area contributed by atoms with E-state index in [1.54, 1.807) is 0 Å². The van der Waals surface area contributed by atoms with E-state index < -0.39 is 0 Å². The molecule has 3 aromatic carbocycles. The van der Waals surface area contributed by atoms with Crippen LogP contribution in [-0.4, -0.2) is 58.8 Å². The standard InChI is InChI=1S/C34H40N4O2/c1-8-38(9-2)29-19-20-30(31(23-29)34(39)40-10-3)26-21-32(24-11-15-27(16-12-24)36(4)5)35-33(22-26)25-13-17-28(18-14-25)37(6)7/h11-23H,8-10H2,1-7H3. The second kappa shape index (κ2) is 12.7. The van der Waals surface area contributed by atoms with Gasteiger partial charge in [0, 0.05) is 69.5 Å². The van der Waals surface area contributed by atoms with Gasteiger partial charge in [-0.05, 0) is 80.4 Å². The van der Waals surface area contributed by atoms with Crippen molar-refractivity contribution < 1.29 is 9.53 Å². The Morgan fingerprint density at radius 1 is 0.650 bits per heavy atom. The number of hydrogen-bond acceptors (Lipinski definition) is 6. The molecule has 40 heavy (non-hydrogen) atoms. The average Bonchev–Trinajstić information content (AvgIpc) is 2.97. The molecule has 0 spiro atoms. The summed E-state index contributed by atoms with van der Waals surface area (Å²) >= 11 is 0. The van der Waals surface area contributed by atoms with Gasteiger partial charge in [-0.1, -0.05) is 30.3 Å². The van der Waals surface area contributed by atoms with Crippen LogP contribution in [0, 0.1) is 0 Å². The minimum Gasteiger partial charge on any atom is -0.462 e. The van der Waals surface area contributed by atoms with Gasteiger partial charge in [0.1, 0.15) is 0 Å². The average molecular weight is 537 g/mol. The molecule has 0 amide bonds. The Balaban J connectivity index is 1.92. The highest BCUT2D eigenvalue weighted by atomic mass is 16.5. The highest BCUT2D eigenvalue weighted by Gasteiger charge is 2.19. The Hall–Kier alpha value is -4.32. The number of ether oxygens (including phenoxy) is 1. The monoisotopic (exact) mass is 536 g/mol. The molecule has 0 radical (unpaired) electrons. The molecule has 0 saturated heterocycles. The number of benzene rings is 3. The van der Waals surface area contributed by atoms with Crippen molar-refractivity contribution >= 4 is 23.0 Å². The second-order valence-electron chi connectivity index (χ2n) is 10.1. The molecular weight excluding hydrogens is 496 g/mol. The summed E-state index contributed by atoms with van der Waals surface area (Å²) < 4.78 is 5.51. The fourth-order valence-electron chi connectivity index (χ4n) is 4.79. The molecule has 0 fully saturated rings. The van der Waals surface area contributed by atoms with Crippen molar-refractivity contribution in [1.29, 1.82) is 0 Å². The van der Waals surface area contributed by atoms with Gasteiger partial charge in [-0.3, -0.25) is 0 Å². The molecule has 0 aliphatic carbocycles. The maximum atomic E-state index is 13.2. The first kappa shape index (κ1) is 28.7. The SMILES string of the molecule is CCOC(=O)c1cc(N(CC)CC)ccc1-c1cc(-c2ccc(N(C)C)cc2)nc(-c2ccc(N(C)C)cc2)c1. The third kappa shape index (κ3) is 6.28. The van der Waals surface area contributed by atoms with E-state index in [1.165, 1.54) is 0 Å². The third-order valence-corrected chi connectivity index (χ3v) is 7.12. The Kier molecular flexibility index (Phi) is 9.10. The number of rotatable bonds is 10. The molecule has 4 aromatic rings. The summed E-state index contributed by atoms with van der Waals surface area (Å²) in [4.78, 5) is 24.7. The van der Waals surface area contributed by atoms with Crippen LogP contribution in [0.5, 0.6) is 0 Å². The zero-order chi connectivity index (χ0) is 28.8. The molecule has 0 atom stereocenters. The van der Waals surface area contributed by atoms with Crippen LogP contribution in [0.1, 0.15) is 31.1 Å². The van der Waals surface area contributed by atoms with Crippen LogP contribution in [0.15, 0.2) is 78.9 Å². The van der Waals surface area contributed by atoms with E-state index in [4.69, 9.17) is 9.72 Å². The van der Waals surface area contributed by atoms with E-state index in [0.29, 0.717) is 12.2 Å². The Labute approximate surface area is 238 Å². The lowest BCUT2D eigenvalue weighted by atomic mass is 9.95. The predicted molar refractivity (Wildman–Crippen MR) is 169 cm³/mol. The third-order valence-electron chi connectivity index (χ3n) is 7.12. The van der Waals surface area contributed by atoms with Crippen LogP contribution in [0.2, 0.25) is 0 Å². The van der Waals surface area contributed by atoms with E-state index in [-0.39, 0.29) is 5.97 Å². The van der Waals surface area contributed by atoms with Crippen molar-refractivity contribution in [2.75, 3.05) is 62.6 Å². The van der Waals surface area contributed by atoms with E-state index in [2.05, 4.69) is 95.3 Å². The molecular formula is C34H40N4O2. The lowest BCUT2D eigenvalue weighted by molar-refractivity contribution is 0.0527. The van der Waals surface area contributed by atoms with Crippen molar-refractivity contribution in [2.45, 2.75) is 20.8 Å². The number of aromatic nitrogens is 1. The molecule has 0 bridgehead atoms. The number of hydrogen-bond donors (Lipinski definition) is 0. The molecule has 0 saturated carbocycles. The summed E-state index contributed by atoms with van der Waals surface area (Å²) in [5.74, 6) is -0.322. The zero-order valence-corrected chi connectivity index (χ0v) is 24.7. The van der Waals surface area contributed by atoms with Crippen molar-refractivity contribution in [3.05, 3.63) is 84.4 Å². The van der Waals surface area contributed by atoms with Crippen molar-refractivity contribution in [3.63, 3.8) is 0 Å². The highest BCUT2D eigenvalue weighted by Crippen LogP contribution is 2.35. The van der Waals surface area contributed by atoms with Crippen LogP contribution >= 0.6 is 0 Å². The van der Waals surface area contributed by atoms with E-state index in [0.717, 1.165) is 63.8 Å². The first-order valence-electron chi connectivity index (χ1n) is 13.9. The van der Waals surface area contributed by atoms with Gasteiger partial charge in [0.15, 0.2) is 0 Å². The summed E-state index contributed by atoms with van der Waals surface area (Å²) in [6, 6.07) is 27.0. The second-order valence-corrected chi connectivity index (χ2v) is 10.1. The number of carbonyl (C=O) groups excluding carboxylic acids is 1. The van der Waals surface area contributed by atoms with E-state index in [9.17, 15) is 4.79 Å². The quantitative estimate of drug-likeness (QED) is 0.199. The summed E-state index contributed by atoms with van der Waals surface area (Å²) in [7, 11) is 8.12. The number of pyridine rings is 1. The van der Waals surface area contributed by atoms with Gasteiger partial charge < -0.3 is 19.4 Å². The molecule has 0 aliphatic rings. The lowest BCUT2D eigenvalue weighted by Crippen LogP contribution is -2.22. The lowest BCUT2D eigenvalue weighted by Gasteiger charge is -2.23. The minimum atomic E-state index is -0.322. The number of carbonyl (C=O) groups is 1. The Bertz CT molecular complexity index is 1370. The summed E-state index contributed by atoms with van der Waals surface area (Å²) in [5.41, 5.74) is 9.26. The first-order chi connectivity index (χ1) is 19.2. The van der Waals surface area contributed by atoms with Gasteiger partial charge in [-0.2, -0.15) is 0 Å². The molecule has 0 N–H and O–H groups in total. The highest BCUT2D eigenvalue weighted by molar-refractivity contribution is 5.99. The number of nitrogens with zero attached hydrogens (tertiary/aromatic N) is 4. The Morgan fingerprint density at radius 2 is 1.12 bits per heavy atom. The molecule has 1 heterocycles. The molecule has 6 nitrogen and oxygen atoms in total. The Morgan fingerprint density at radius 3 is 1.55 bits per heavy atom. The van der Waals surface area contributed by atoms with Gasteiger partial charge in [-0.15, -0.1) is 0 Å². The molecule has 4 rings (SSSR count). The van der Waals surface area contributed by atoms with Crippen LogP contribution in [0.4, 0.5) is 17.1 Å². The molecule has 1 aromatic heterocycles. The zero-order valence-electron chi connectivity index (χ0n) is 24.7. The van der Waals surface area contributed by atoms with Crippen LogP contribution in [-0.2, 0) is 4.74 Å². The molecule has 0 aliphatic heterocycles. The smallest absolute Gasteiger partial charge is 0.338 e. The fourth-order valence-corrected chi connectivity index (χ4v) is 4.79. The van der Waals surface area contributed by atoms with Crippen molar-refractivity contribution in [2.24, 2.45) is 0 Å². The normalized spacial score (nSPS) is 10.8. The first-order valence-corrected chi connectivity index (χ1v) is 13.9. The predicted octanol–water partition coefficient (Wildman–Crippen LogP) is 7.24. The maximum absolute atomic E-state index is 13.2. The van der Waals surface area contributed by atoms with Gasteiger partial charge in [0.05, 0.1) is 23.6 Å². The van der Waals surface area contributed by atoms with Crippen molar-refractivity contribution in [3.8, 4) is 33.6 Å². The molecule has 6 heteroatoms. The largest absolute Gasteiger partial charge is 0.462 e. The summed E-state index contributed by atoms with van der Waals surface area (Å²) in [5, 5.41) is 0. The van der Waals surface area contributed by atoms with Crippen LogP contribution < -0.4 is 14.7 Å². The van der Waals surface area contributed by atoms with Crippen molar-refractivity contribution in [1.82, 2.24) is 4.98 Å². The number of esters is 1. The van der Waals surface area contributed by atoms with Gasteiger partial charge >= 0.3 is 5.97 Å². The molecule has 208 valence electrons. The van der Waals surface area contributed by atoms with Gasteiger partial charge in [0.25, 0.3) is 0 Å². The van der Waals surface area contributed by atoms with Crippen LogP contribution in [0.25, 0.3) is 33.6 Å². The fraction of sp³-hybridized carbons (Fsp3) is 0.294. The van der Waals surface area contributed by atoms with Gasteiger partial charge in [-0.25, -0.2) is 9.78 Å². The van der Waals surface area contributed by atoms with Crippen LogP contribution in [0.3, 0.4) is 0 Å². The van der Waals surface area contributed by atoms with E-state index >= 15 is 0 Å².